The summed E-state index contributed by atoms with van der Waals surface area (Å²) in [5, 5.41) is 1.14. The van der Waals surface area contributed by atoms with Crippen molar-refractivity contribution >= 4 is 23.2 Å². The van der Waals surface area contributed by atoms with Gasteiger partial charge in [0.2, 0.25) is 0 Å². The maximum Gasteiger partial charge on any atom is 0.0592 e. The minimum atomic E-state index is 0.572. The van der Waals surface area contributed by atoms with E-state index in [1.807, 2.05) is 24.3 Å². The maximum atomic E-state index is 5.72. The zero-order chi connectivity index (χ0) is 7.40. The highest BCUT2D eigenvalue weighted by molar-refractivity contribution is 6.41. The Bertz CT molecular complexity index is 208. The van der Waals surface area contributed by atoms with Gasteiger partial charge in [0.05, 0.1) is 10.1 Å². The minimum absolute atomic E-state index is 0.572. The lowest BCUT2D eigenvalue weighted by atomic mass is 10.3. The molecule has 1 aliphatic rings. The SMILES string of the molecule is ClC1=C(Cl)/C=C\C=C/C=C\1. The van der Waals surface area contributed by atoms with Gasteiger partial charge in [0.25, 0.3) is 0 Å². The monoisotopic (exact) mass is 172 g/mol. The molecular formula is C8H6Cl2. The van der Waals surface area contributed by atoms with Crippen molar-refractivity contribution < 1.29 is 0 Å². The topological polar surface area (TPSA) is 0 Å². The van der Waals surface area contributed by atoms with Crippen LogP contribution in [0.15, 0.2) is 46.5 Å². The Morgan fingerprint density at radius 1 is 0.700 bits per heavy atom. The van der Waals surface area contributed by atoms with E-state index in [-0.39, 0.29) is 0 Å². The van der Waals surface area contributed by atoms with Gasteiger partial charge in [-0.3, -0.25) is 0 Å². The lowest BCUT2D eigenvalue weighted by Gasteiger charge is -1.92. The van der Waals surface area contributed by atoms with Crippen LogP contribution < -0.4 is 0 Å². The quantitative estimate of drug-likeness (QED) is 0.526. The molecule has 1 aliphatic carbocycles. The third-order valence-electron chi connectivity index (χ3n) is 1.05. The van der Waals surface area contributed by atoms with Crippen molar-refractivity contribution in [2.24, 2.45) is 0 Å². The van der Waals surface area contributed by atoms with Crippen molar-refractivity contribution in [1.82, 2.24) is 0 Å². The Morgan fingerprint density at radius 3 is 1.50 bits per heavy atom. The predicted octanol–water partition coefficient (Wildman–Crippen LogP) is 3.36. The summed E-state index contributed by atoms with van der Waals surface area (Å²) < 4.78 is 0. The molecule has 0 N–H and O–H groups in total. The van der Waals surface area contributed by atoms with E-state index >= 15 is 0 Å². The molecule has 0 aromatic heterocycles. The van der Waals surface area contributed by atoms with E-state index in [9.17, 15) is 0 Å². The third kappa shape index (κ3) is 2.05. The maximum absolute atomic E-state index is 5.72. The second-order valence-electron chi connectivity index (χ2n) is 1.80. The molecule has 0 fully saturated rings. The summed E-state index contributed by atoms with van der Waals surface area (Å²) in [7, 11) is 0. The molecule has 10 heavy (non-hydrogen) atoms. The zero-order valence-corrected chi connectivity index (χ0v) is 6.73. The highest BCUT2D eigenvalue weighted by atomic mass is 35.5. The highest BCUT2D eigenvalue weighted by Crippen LogP contribution is 2.17. The first-order valence-corrected chi connectivity index (χ1v) is 3.63. The first-order chi connectivity index (χ1) is 4.80. The number of allylic oxidation sites excluding steroid dienone is 8. The molecule has 52 valence electrons. The molecule has 0 saturated carbocycles. The summed E-state index contributed by atoms with van der Waals surface area (Å²) in [6, 6.07) is 0. The molecular weight excluding hydrogens is 167 g/mol. The largest absolute Gasteiger partial charge is 0.0827 e. The van der Waals surface area contributed by atoms with Crippen molar-refractivity contribution in [2.75, 3.05) is 0 Å². The van der Waals surface area contributed by atoms with Gasteiger partial charge >= 0.3 is 0 Å². The van der Waals surface area contributed by atoms with Gasteiger partial charge in [-0.1, -0.05) is 47.5 Å². The van der Waals surface area contributed by atoms with Crippen molar-refractivity contribution in [3.63, 3.8) is 0 Å². The molecule has 0 unspecified atom stereocenters. The van der Waals surface area contributed by atoms with Crippen LogP contribution in [0.25, 0.3) is 0 Å². The molecule has 2 heteroatoms. The van der Waals surface area contributed by atoms with E-state index in [1.165, 1.54) is 0 Å². The summed E-state index contributed by atoms with van der Waals surface area (Å²) in [6.07, 6.45) is 11.0. The number of halogens is 2. The van der Waals surface area contributed by atoms with Crippen LogP contribution in [-0.4, -0.2) is 0 Å². The Morgan fingerprint density at radius 2 is 1.10 bits per heavy atom. The second-order valence-corrected chi connectivity index (χ2v) is 2.61. The van der Waals surface area contributed by atoms with Crippen LogP contribution in [0.3, 0.4) is 0 Å². The Kier molecular flexibility index (Phi) is 2.79. The highest BCUT2D eigenvalue weighted by Gasteiger charge is 1.92. The number of hydrogen-bond donors (Lipinski definition) is 0. The van der Waals surface area contributed by atoms with E-state index in [1.54, 1.807) is 12.2 Å². The van der Waals surface area contributed by atoms with Gasteiger partial charge in [-0.05, 0) is 12.2 Å². The molecule has 0 bridgehead atoms. The molecule has 0 aromatic rings. The Balaban J connectivity index is 2.93. The number of rotatable bonds is 0. The van der Waals surface area contributed by atoms with E-state index in [4.69, 9.17) is 23.2 Å². The van der Waals surface area contributed by atoms with E-state index in [2.05, 4.69) is 0 Å². The first kappa shape index (κ1) is 7.64. The minimum Gasteiger partial charge on any atom is -0.0827 e. The van der Waals surface area contributed by atoms with Crippen LogP contribution in [0.4, 0.5) is 0 Å². The van der Waals surface area contributed by atoms with E-state index in [0.29, 0.717) is 10.1 Å². The lowest BCUT2D eigenvalue weighted by Crippen LogP contribution is -1.70. The second kappa shape index (κ2) is 3.65. The fourth-order valence-corrected chi connectivity index (χ4v) is 0.839. The van der Waals surface area contributed by atoms with Crippen molar-refractivity contribution in [3.8, 4) is 0 Å². The fraction of sp³-hybridized carbons (Fsp3) is 0. The van der Waals surface area contributed by atoms with Crippen LogP contribution in [0, 0.1) is 0 Å². The number of hydrogen-bond acceptors (Lipinski definition) is 0. The predicted molar refractivity (Wildman–Crippen MR) is 46.2 cm³/mol. The molecule has 0 nitrogen and oxygen atoms in total. The van der Waals surface area contributed by atoms with Crippen LogP contribution in [0.5, 0.6) is 0 Å². The standard InChI is InChI=1S/C8H6Cl2/c9-7-5-3-1-2-4-6-8(7)10/h1-6H/b2-1-,3-1?,4-2?,5-3-,6-4-,7-5?,8-6?,8-7-. The molecule has 0 aliphatic heterocycles. The summed E-state index contributed by atoms with van der Waals surface area (Å²) in [6.45, 7) is 0. The van der Waals surface area contributed by atoms with E-state index in [0.717, 1.165) is 0 Å². The molecule has 0 spiro atoms. The molecule has 0 atom stereocenters. The average molecular weight is 173 g/mol. The zero-order valence-electron chi connectivity index (χ0n) is 5.22. The van der Waals surface area contributed by atoms with Gasteiger partial charge in [-0.15, -0.1) is 0 Å². The van der Waals surface area contributed by atoms with Gasteiger partial charge in [0, 0.05) is 0 Å². The Labute approximate surface area is 70.1 Å². The van der Waals surface area contributed by atoms with Gasteiger partial charge in [0.1, 0.15) is 0 Å². The summed E-state index contributed by atoms with van der Waals surface area (Å²) in [4.78, 5) is 0. The molecule has 0 heterocycles. The lowest BCUT2D eigenvalue weighted by molar-refractivity contribution is 1.73. The fourth-order valence-electron chi connectivity index (χ4n) is 0.568. The van der Waals surface area contributed by atoms with E-state index < -0.39 is 0 Å². The summed E-state index contributed by atoms with van der Waals surface area (Å²) >= 11 is 11.4. The van der Waals surface area contributed by atoms with Crippen LogP contribution in [0.1, 0.15) is 0 Å². The van der Waals surface area contributed by atoms with Crippen molar-refractivity contribution in [1.29, 1.82) is 0 Å². The van der Waals surface area contributed by atoms with Gasteiger partial charge < -0.3 is 0 Å². The first-order valence-electron chi connectivity index (χ1n) is 2.87. The summed E-state index contributed by atoms with van der Waals surface area (Å²) in [5.74, 6) is 0. The van der Waals surface area contributed by atoms with Gasteiger partial charge in [-0.25, -0.2) is 0 Å². The molecule has 0 saturated heterocycles. The van der Waals surface area contributed by atoms with Crippen LogP contribution in [0.2, 0.25) is 0 Å². The molecule has 0 aromatic carbocycles. The molecule has 0 amide bonds. The van der Waals surface area contributed by atoms with Crippen molar-refractivity contribution in [2.45, 2.75) is 0 Å². The molecule has 1 rings (SSSR count). The van der Waals surface area contributed by atoms with Gasteiger partial charge in [-0.2, -0.15) is 0 Å². The normalized spacial score (nSPS) is 34.2. The van der Waals surface area contributed by atoms with Crippen LogP contribution in [-0.2, 0) is 0 Å². The summed E-state index contributed by atoms with van der Waals surface area (Å²) in [5.41, 5.74) is 0. The van der Waals surface area contributed by atoms with Crippen molar-refractivity contribution in [3.05, 3.63) is 46.5 Å². The smallest absolute Gasteiger partial charge is 0.0592 e. The molecule has 0 radical (unpaired) electrons. The van der Waals surface area contributed by atoms with Gasteiger partial charge in [0.15, 0.2) is 0 Å². The Hall–Kier alpha value is -0.460. The average Bonchev–Trinajstić information content (AvgIpc) is 1.92. The third-order valence-corrected chi connectivity index (χ3v) is 1.80. The van der Waals surface area contributed by atoms with Crippen LogP contribution >= 0.6 is 23.2 Å².